The molecule has 2 aromatic rings. The van der Waals surface area contributed by atoms with Crippen molar-refractivity contribution in [2.24, 2.45) is 11.8 Å². The number of hydrogen-bond donors (Lipinski definition) is 2. The SMILES string of the molecule is C[C@@H](O)[C@H]1C(=O)N2C(C(=O)O)=C(C#CCSc3nc4ccccc4s3)[C@H](C)[C@H]12. The molecule has 1 amide bonds. The van der Waals surface area contributed by atoms with Crippen LogP contribution in [-0.2, 0) is 9.59 Å². The van der Waals surface area contributed by atoms with Gasteiger partial charge >= 0.3 is 5.97 Å². The topological polar surface area (TPSA) is 90.7 Å². The summed E-state index contributed by atoms with van der Waals surface area (Å²) < 4.78 is 2.03. The van der Waals surface area contributed by atoms with Crippen LogP contribution in [0, 0.1) is 23.7 Å². The van der Waals surface area contributed by atoms with Crippen molar-refractivity contribution in [3.8, 4) is 11.8 Å². The van der Waals surface area contributed by atoms with Gasteiger partial charge in [0.15, 0.2) is 4.34 Å². The summed E-state index contributed by atoms with van der Waals surface area (Å²) in [6, 6.07) is 7.57. The quantitative estimate of drug-likeness (QED) is 0.454. The molecule has 144 valence electrons. The van der Waals surface area contributed by atoms with E-state index in [0.29, 0.717) is 11.3 Å². The molecular weight excluding hydrogens is 396 g/mol. The number of β-lactam (4-membered cyclic amide) rings is 1. The number of aliphatic hydroxyl groups is 1. The van der Waals surface area contributed by atoms with Crippen molar-refractivity contribution in [2.75, 3.05) is 5.75 Å². The van der Waals surface area contributed by atoms with Crippen LogP contribution in [0.5, 0.6) is 0 Å². The molecule has 0 bridgehead atoms. The van der Waals surface area contributed by atoms with Crippen molar-refractivity contribution in [1.82, 2.24) is 9.88 Å². The zero-order valence-electron chi connectivity index (χ0n) is 15.2. The highest BCUT2D eigenvalue weighted by Gasteiger charge is 2.59. The van der Waals surface area contributed by atoms with Crippen molar-refractivity contribution >= 4 is 45.2 Å². The van der Waals surface area contributed by atoms with Gasteiger partial charge < -0.3 is 15.1 Å². The van der Waals surface area contributed by atoms with Crippen LogP contribution in [0.2, 0.25) is 0 Å². The predicted molar refractivity (Wildman–Crippen MR) is 108 cm³/mol. The number of benzene rings is 1. The van der Waals surface area contributed by atoms with Gasteiger partial charge in [-0.25, -0.2) is 9.78 Å². The first-order valence-corrected chi connectivity index (χ1v) is 10.7. The molecule has 6 nitrogen and oxygen atoms in total. The first kappa shape index (κ1) is 19.0. The number of thioether (sulfide) groups is 1. The Balaban J connectivity index is 1.52. The fraction of sp³-hybridized carbons (Fsp3) is 0.350. The number of carbonyl (C=O) groups excluding carboxylic acids is 1. The minimum absolute atomic E-state index is 0.0445. The molecule has 2 aliphatic rings. The molecular formula is C20H18N2O4S2. The maximum atomic E-state index is 12.3. The molecule has 0 aliphatic carbocycles. The predicted octanol–water partition coefficient (Wildman–Crippen LogP) is 2.59. The molecule has 0 saturated carbocycles. The van der Waals surface area contributed by atoms with Crippen molar-refractivity contribution in [3.63, 3.8) is 0 Å². The lowest BCUT2D eigenvalue weighted by molar-refractivity contribution is -0.163. The van der Waals surface area contributed by atoms with Crippen LogP contribution in [-0.4, -0.2) is 49.9 Å². The second kappa shape index (κ2) is 7.24. The van der Waals surface area contributed by atoms with Gasteiger partial charge in [-0.2, -0.15) is 0 Å². The third-order valence-corrected chi connectivity index (χ3v) is 7.20. The molecule has 0 radical (unpaired) electrons. The molecule has 0 unspecified atom stereocenters. The number of fused-ring (bicyclic) bond motifs is 2. The third kappa shape index (κ3) is 3.00. The summed E-state index contributed by atoms with van der Waals surface area (Å²) in [7, 11) is 0. The number of aromatic nitrogens is 1. The summed E-state index contributed by atoms with van der Waals surface area (Å²) in [5.41, 5.74) is 1.37. The van der Waals surface area contributed by atoms with Gasteiger partial charge in [0.1, 0.15) is 5.70 Å². The molecule has 3 heterocycles. The monoisotopic (exact) mass is 414 g/mol. The van der Waals surface area contributed by atoms with E-state index >= 15 is 0 Å². The van der Waals surface area contributed by atoms with E-state index in [0.717, 1.165) is 14.6 Å². The molecule has 1 saturated heterocycles. The van der Waals surface area contributed by atoms with Gasteiger partial charge in [-0.1, -0.05) is 42.7 Å². The fourth-order valence-corrected chi connectivity index (χ4v) is 5.68. The fourth-order valence-electron chi connectivity index (χ4n) is 3.87. The maximum Gasteiger partial charge on any atom is 0.353 e. The van der Waals surface area contributed by atoms with E-state index in [1.54, 1.807) is 18.3 Å². The lowest BCUT2D eigenvalue weighted by Gasteiger charge is -2.46. The molecule has 1 aromatic heterocycles. The summed E-state index contributed by atoms with van der Waals surface area (Å²) in [4.78, 5) is 29.9. The molecule has 2 N–H and O–H groups in total. The maximum absolute atomic E-state index is 12.3. The van der Waals surface area contributed by atoms with Crippen molar-refractivity contribution in [3.05, 3.63) is 35.5 Å². The Morgan fingerprint density at radius 3 is 2.86 bits per heavy atom. The Labute approximate surface area is 170 Å². The molecule has 4 rings (SSSR count). The normalized spacial score (nSPS) is 24.6. The average Bonchev–Trinajstić information content (AvgIpc) is 3.15. The van der Waals surface area contributed by atoms with Crippen molar-refractivity contribution in [1.29, 1.82) is 0 Å². The Bertz CT molecular complexity index is 1030. The van der Waals surface area contributed by atoms with E-state index in [9.17, 15) is 19.8 Å². The highest BCUT2D eigenvalue weighted by molar-refractivity contribution is 8.01. The Morgan fingerprint density at radius 2 is 2.18 bits per heavy atom. The Hall–Kier alpha value is -2.34. The summed E-state index contributed by atoms with van der Waals surface area (Å²) in [5, 5.41) is 19.4. The third-order valence-electron chi connectivity index (χ3n) is 5.14. The van der Waals surface area contributed by atoms with Crippen molar-refractivity contribution < 1.29 is 19.8 Å². The van der Waals surface area contributed by atoms with E-state index in [2.05, 4.69) is 16.8 Å². The molecule has 0 spiro atoms. The number of hydrogen-bond acceptors (Lipinski definition) is 6. The molecule has 28 heavy (non-hydrogen) atoms. The minimum atomic E-state index is -1.16. The number of carboxylic acids is 1. The van der Waals surface area contributed by atoms with Crippen LogP contribution >= 0.6 is 23.1 Å². The zero-order chi connectivity index (χ0) is 20.0. The second-order valence-corrected chi connectivity index (χ2v) is 9.11. The number of aliphatic carboxylic acids is 1. The number of carboxylic acid groups (broad SMARTS) is 1. The second-order valence-electron chi connectivity index (χ2n) is 6.86. The number of aliphatic hydroxyl groups excluding tert-OH is 1. The zero-order valence-corrected chi connectivity index (χ0v) is 16.9. The van der Waals surface area contributed by atoms with Gasteiger partial charge in [-0.15, -0.1) is 11.3 Å². The molecule has 1 aromatic carbocycles. The Morgan fingerprint density at radius 1 is 1.43 bits per heavy atom. The number of thiazole rings is 1. The van der Waals surface area contributed by atoms with Gasteiger partial charge in [0.05, 0.1) is 34.0 Å². The van der Waals surface area contributed by atoms with E-state index in [4.69, 9.17) is 0 Å². The first-order chi connectivity index (χ1) is 13.4. The van der Waals surface area contributed by atoms with Crippen LogP contribution in [0.4, 0.5) is 0 Å². The molecule has 8 heteroatoms. The summed E-state index contributed by atoms with van der Waals surface area (Å²) in [6.45, 7) is 3.42. The number of para-hydroxylation sites is 1. The number of amides is 1. The number of rotatable bonds is 4. The van der Waals surface area contributed by atoms with Gasteiger partial charge in [-0.3, -0.25) is 4.79 Å². The first-order valence-electron chi connectivity index (χ1n) is 8.86. The lowest BCUT2D eigenvalue weighted by atomic mass is 9.78. The number of nitrogens with zero attached hydrogens (tertiary/aromatic N) is 2. The van der Waals surface area contributed by atoms with Crippen LogP contribution in [0.15, 0.2) is 39.9 Å². The van der Waals surface area contributed by atoms with Gasteiger partial charge in [0.2, 0.25) is 5.91 Å². The number of carbonyl (C=O) groups is 2. The van der Waals surface area contributed by atoms with E-state index in [-0.39, 0.29) is 23.6 Å². The molecule has 2 aliphatic heterocycles. The summed E-state index contributed by atoms with van der Waals surface area (Å²) in [6.07, 6.45) is -0.812. The minimum Gasteiger partial charge on any atom is -0.477 e. The molecule has 4 atom stereocenters. The highest BCUT2D eigenvalue weighted by Crippen LogP contribution is 2.46. The smallest absolute Gasteiger partial charge is 0.353 e. The van der Waals surface area contributed by atoms with E-state index in [1.807, 2.05) is 31.2 Å². The summed E-state index contributed by atoms with van der Waals surface area (Å²) in [5.74, 6) is 4.18. The standard InChI is InChI=1S/C20H18N2O4S2/c1-10-12(17(19(25)26)22-16(10)15(11(2)23)18(22)24)6-5-9-27-20-21-13-7-3-4-8-14(13)28-20/h3-4,7-8,10-11,15-16,23H,9H2,1-2H3,(H,25,26)/t10-,11+,15+,16+/m0/s1. The molecule has 1 fully saturated rings. The van der Waals surface area contributed by atoms with Gasteiger partial charge in [0.25, 0.3) is 0 Å². The summed E-state index contributed by atoms with van der Waals surface area (Å²) >= 11 is 3.10. The van der Waals surface area contributed by atoms with Crippen molar-refractivity contribution in [2.45, 2.75) is 30.3 Å². The van der Waals surface area contributed by atoms with Gasteiger partial charge in [-0.05, 0) is 19.1 Å². The van der Waals surface area contributed by atoms with E-state index < -0.39 is 18.0 Å². The lowest BCUT2D eigenvalue weighted by Crippen LogP contribution is -2.63. The van der Waals surface area contributed by atoms with Crippen LogP contribution in [0.25, 0.3) is 10.2 Å². The largest absolute Gasteiger partial charge is 0.477 e. The Kier molecular flexibility index (Phi) is 4.91. The van der Waals surface area contributed by atoms with Crippen LogP contribution in [0.1, 0.15) is 13.8 Å². The van der Waals surface area contributed by atoms with Crippen LogP contribution in [0.3, 0.4) is 0 Å². The van der Waals surface area contributed by atoms with Crippen LogP contribution < -0.4 is 0 Å². The average molecular weight is 415 g/mol. The van der Waals surface area contributed by atoms with Gasteiger partial charge in [0, 0.05) is 11.5 Å². The van der Waals surface area contributed by atoms with E-state index in [1.165, 1.54) is 16.7 Å². The highest BCUT2D eigenvalue weighted by atomic mass is 32.2.